The second kappa shape index (κ2) is 5.67. The van der Waals surface area contributed by atoms with Gasteiger partial charge in [-0.15, -0.1) is 0 Å². The molecule has 1 heterocycles. The molecule has 4 nitrogen and oxygen atoms in total. The van der Waals surface area contributed by atoms with E-state index in [2.05, 4.69) is 0 Å². The van der Waals surface area contributed by atoms with Gasteiger partial charge in [0, 0.05) is 19.4 Å². The predicted molar refractivity (Wildman–Crippen MR) is 67.5 cm³/mol. The maximum Gasteiger partial charge on any atom is 0.407 e. The van der Waals surface area contributed by atoms with E-state index in [0.717, 1.165) is 18.4 Å². The summed E-state index contributed by atoms with van der Waals surface area (Å²) in [6.45, 7) is 0.457. The normalized spacial score (nSPS) is 20.6. The molecule has 0 aromatic heterocycles. The Morgan fingerprint density at radius 1 is 1.28 bits per heavy atom. The van der Waals surface area contributed by atoms with Crippen molar-refractivity contribution < 1.29 is 14.7 Å². The van der Waals surface area contributed by atoms with Crippen LogP contribution in [0.4, 0.5) is 4.79 Å². The highest BCUT2D eigenvalue weighted by Gasteiger charge is 2.31. The number of hydrogen-bond donors (Lipinski definition) is 1. The maximum absolute atomic E-state index is 12.0. The Labute approximate surface area is 106 Å². The number of rotatable bonds is 2. The molecule has 1 aliphatic heterocycles. The van der Waals surface area contributed by atoms with Crippen LogP contribution in [0.15, 0.2) is 30.3 Å². The van der Waals surface area contributed by atoms with Crippen molar-refractivity contribution in [3.05, 3.63) is 35.9 Å². The van der Waals surface area contributed by atoms with Crippen molar-refractivity contribution in [2.75, 3.05) is 6.54 Å². The molecule has 0 aliphatic carbocycles. The molecule has 0 spiro atoms. The number of carbonyl (C=O) groups is 2. The topological polar surface area (TPSA) is 57.6 Å². The Bertz CT molecular complexity index is 430. The van der Waals surface area contributed by atoms with Gasteiger partial charge in [-0.1, -0.05) is 30.3 Å². The predicted octanol–water partition coefficient (Wildman–Crippen LogP) is 2.33. The fraction of sp³-hybridized carbons (Fsp3) is 0.429. The molecular weight excluding hydrogens is 230 g/mol. The Kier molecular flexibility index (Phi) is 3.97. The highest BCUT2D eigenvalue weighted by Crippen LogP contribution is 2.18. The molecule has 1 fully saturated rings. The fourth-order valence-electron chi connectivity index (χ4n) is 2.37. The van der Waals surface area contributed by atoms with Crippen LogP contribution in [-0.4, -0.2) is 34.5 Å². The number of ketones is 1. The van der Waals surface area contributed by atoms with Crippen LogP contribution >= 0.6 is 0 Å². The Morgan fingerprint density at radius 2 is 2.00 bits per heavy atom. The fourth-order valence-corrected chi connectivity index (χ4v) is 2.37. The molecule has 1 saturated heterocycles. The van der Waals surface area contributed by atoms with Crippen molar-refractivity contribution in [2.24, 2.45) is 0 Å². The minimum Gasteiger partial charge on any atom is -0.465 e. The number of nitrogens with zero attached hydrogens (tertiary/aromatic N) is 1. The zero-order valence-electron chi connectivity index (χ0n) is 10.2. The molecule has 4 heteroatoms. The Morgan fingerprint density at radius 3 is 2.67 bits per heavy atom. The molecule has 0 bridgehead atoms. The van der Waals surface area contributed by atoms with Gasteiger partial charge in [-0.25, -0.2) is 4.79 Å². The van der Waals surface area contributed by atoms with Crippen LogP contribution in [0.1, 0.15) is 24.8 Å². The second-order valence-corrected chi connectivity index (χ2v) is 4.60. The summed E-state index contributed by atoms with van der Waals surface area (Å²) in [5.74, 6) is 0.0405. The number of hydrogen-bond acceptors (Lipinski definition) is 2. The first-order valence-corrected chi connectivity index (χ1v) is 6.24. The highest BCUT2D eigenvalue weighted by atomic mass is 16.4. The van der Waals surface area contributed by atoms with Crippen LogP contribution in [0.3, 0.4) is 0 Å². The lowest BCUT2D eigenvalue weighted by atomic mass is 10.00. The van der Waals surface area contributed by atoms with Gasteiger partial charge in [0.1, 0.15) is 0 Å². The van der Waals surface area contributed by atoms with Gasteiger partial charge < -0.3 is 5.11 Å². The van der Waals surface area contributed by atoms with Crippen LogP contribution in [-0.2, 0) is 11.2 Å². The van der Waals surface area contributed by atoms with Gasteiger partial charge >= 0.3 is 6.09 Å². The van der Waals surface area contributed by atoms with E-state index in [4.69, 9.17) is 0 Å². The van der Waals surface area contributed by atoms with E-state index >= 15 is 0 Å². The standard InChI is InChI=1S/C14H17NO3/c16-13-8-4-5-9-15(14(17)18)12(13)10-11-6-2-1-3-7-11/h1-3,6-7,12H,4-5,8-10H2,(H,17,18). The molecule has 1 amide bonds. The summed E-state index contributed by atoms with van der Waals surface area (Å²) in [6.07, 6.45) is 1.52. The first-order valence-electron chi connectivity index (χ1n) is 6.24. The van der Waals surface area contributed by atoms with Gasteiger partial charge in [0.15, 0.2) is 5.78 Å². The second-order valence-electron chi connectivity index (χ2n) is 4.60. The minimum absolute atomic E-state index is 0.0405. The molecule has 2 rings (SSSR count). The van der Waals surface area contributed by atoms with Crippen LogP contribution in [0.2, 0.25) is 0 Å². The summed E-state index contributed by atoms with van der Waals surface area (Å²) in [5, 5.41) is 9.20. The van der Waals surface area contributed by atoms with Crippen molar-refractivity contribution in [1.82, 2.24) is 4.90 Å². The number of carbonyl (C=O) groups excluding carboxylic acids is 1. The molecule has 0 saturated carbocycles. The molecule has 1 atom stereocenters. The highest BCUT2D eigenvalue weighted by molar-refractivity contribution is 5.87. The largest absolute Gasteiger partial charge is 0.465 e. The number of Topliss-reactive ketones (excluding diaryl/α,β-unsaturated/α-hetero) is 1. The minimum atomic E-state index is -0.994. The van der Waals surface area contributed by atoms with Crippen LogP contribution < -0.4 is 0 Å². The number of likely N-dealkylation sites (tertiary alicyclic amines) is 1. The van der Waals surface area contributed by atoms with Gasteiger partial charge in [0.05, 0.1) is 6.04 Å². The average molecular weight is 247 g/mol. The van der Waals surface area contributed by atoms with Crippen LogP contribution in [0.5, 0.6) is 0 Å². The molecule has 1 N–H and O–H groups in total. The monoisotopic (exact) mass is 247 g/mol. The third-order valence-corrected chi connectivity index (χ3v) is 3.34. The summed E-state index contributed by atoms with van der Waals surface area (Å²) >= 11 is 0. The third kappa shape index (κ3) is 2.88. The van der Waals surface area contributed by atoms with E-state index in [1.165, 1.54) is 4.90 Å². The number of amides is 1. The zero-order chi connectivity index (χ0) is 13.0. The molecule has 1 aliphatic rings. The average Bonchev–Trinajstić information content (AvgIpc) is 2.54. The molecule has 18 heavy (non-hydrogen) atoms. The molecular formula is C14H17NO3. The van der Waals surface area contributed by atoms with Crippen molar-refractivity contribution in [3.8, 4) is 0 Å². The van der Waals surface area contributed by atoms with Crippen molar-refractivity contribution in [2.45, 2.75) is 31.7 Å². The quantitative estimate of drug-likeness (QED) is 0.872. The van der Waals surface area contributed by atoms with Gasteiger partial charge in [0.25, 0.3) is 0 Å². The zero-order valence-corrected chi connectivity index (χ0v) is 10.2. The molecule has 1 aromatic carbocycles. The lowest BCUT2D eigenvalue weighted by Gasteiger charge is -2.26. The van der Waals surface area contributed by atoms with Gasteiger partial charge in [0.2, 0.25) is 0 Å². The number of carboxylic acid groups (broad SMARTS) is 1. The lowest BCUT2D eigenvalue weighted by Crippen LogP contribution is -2.44. The van der Waals surface area contributed by atoms with Gasteiger partial charge in [-0.3, -0.25) is 9.69 Å². The van der Waals surface area contributed by atoms with Gasteiger partial charge in [-0.2, -0.15) is 0 Å². The maximum atomic E-state index is 12.0. The van der Waals surface area contributed by atoms with E-state index in [-0.39, 0.29) is 5.78 Å². The van der Waals surface area contributed by atoms with E-state index < -0.39 is 12.1 Å². The summed E-state index contributed by atoms with van der Waals surface area (Å²) in [7, 11) is 0. The SMILES string of the molecule is O=C1CCCCN(C(=O)O)C1Cc1ccccc1. The van der Waals surface area contributed by atoms with Crippen molar-refractivity contribution >= 4 is 11.9 Å². The molecule has 0 radical (unpaired) electrons. The van der Waals surface area contributed by atoms with E-state index in [1.807, 2.05) is 30.3 Å². The summed E-state index contributed by atoms with van der Waals surface area (Å²) < 4.78 is 0. The third-order valence-electron chi connectivity index (χ3n) is 3.34. The smallest absolute Gasteiger partial charge is 0.407 e. The summed E-state index contributed by atoms with van der Waals surface area (Å²) in [5.41, 5.74) is 1.00. The number of benzene rings is 1. The summed E-state index contributed by atoms with van der Waals surface area (Å²) in [6, 6.07) is 9.06. The molecule has 1 unspecified atom stereocenters. The first-order chi connectivity index (χ1) is 8.68. The van der Waals surface area contributed by atoms with E-state index in [9.17, 15) is 14.7 Å². The Hall–Kier alpha value is -1.84. The molecule has 1 aromatic rings. The Balaban J connectivity index is 2.19. The lowest BCUT2D eigenvalue weighted by molar-refractivity contribution is -0.123. The summed E-state index contributed by atoms with van der Waals surface area (Å²) in [4.78, 5) is 24.5. The van der Waals surface area contributed by atoms with Gasteiger partial charge in [-0.05, 0) is 18.4 Å². The van der Waals surface area contributed by atoms with Crippen molar-refractivity contribution in [1.29, 1.82) is 0 Å². The van der Waals surface area contributed by atoms with E-state index in [1.54, 1.807) is 0 Å². The van der Waals surface area contributed by atoms with E-state index in [0.29, 0.717) is 19.4 Å². The van der Waals surface area contributed by atoms with Crippen molar-refractivity contribution in [3.63, 3.8) is 0 Å². The van der Waals surface area contributed by atoms with Crippen LogP contribution in [0.25, 0.3) is 0 Å². The van der Waals surface area contributed by atoms with Crippen LogP contribution in [0, 0.1) is 0 Å². The first kappa shape index (κ1) is 12.6. The molecule has 96 valence electrons.